The number of carbonyl (C=O) groups is 1. The lowest BCUT2D eigenvalue weighted by Gasteiger charge is -2.29. The zero-order chi connectivity index (χ0) is 13.9. The monoisotopic (exact) mass is 266 g/mol. The molecule has 106 valence electrons. The van der Waals surface area contributed by atoms with Crippen molar-refractivity contribution in [1.29, 1.82) is 0 Å². The highest BCUT2D eigenvalue weighted by molar-refractivity contribution is 5.90. The van der Waals surface area contributed by atoms with E-state index in [1.807, 2.05) is 14.0 Å². The Bertz CT molecular complexity index is 449. The highest BCUT2D eigenvalue weighted by Gasteiger charge is 2.35. The smallest absolute Gasteiger partial charge is 0.319 e. The van der Waals surface area contributed by atoms with Crippen molar-refractivity contribution in [2.75, 3.05) is 19.0 Å². The summed E-state index contributed by atoms with van der Waals surface area (Å²) in [7, 11) is 3.52. The molecule has 1 aromatic rings. The Morgan fingerprint density at radius 3 is 2.74 bits per heavy atom. The molecule has 0 radical (unpaired) electrons. The third kappa shape index (κ3) is 3.07. The van der Waals surface area contributed by atoms with Crippen LogP contribution in [0.3, 0.4) is 0 Å². The van der Waals surface area contributed by atoms with Gasteiger partial charge in [-0.25, -0.2) is 4.79 Å². The van der Waals surface area contributed by atoms with Crippen LogP contribution >= 0.6 is 0 Å². The number of hydrogen-bond acceptors (Lipinski definition) is 3. The quantitative estimate of drug-likeness (QED) is 0.873. The van der Waals surface area contributed by atoms with Gasteiger partial charge in [0.05, 0.1) is 29.7 Å². The zero-order valence-corrected chi connectivity index (χ0v) is 11.8. The number of urea groups is 1. The van der Waals surface area contributed by atoms with Crippen molar-refractivity contribution < 1.29 is 9.53 Å². The Hall–Kier alpha value is -1.56. The molecule has 19 heavy (non-hydrogen) atoms. The largest absolute Gasteiger partial charge is 0.382 e. The third-order valence-corrected chi connectivity index (χ3v) is 3.84. The van der Waals surface area contributed by atoms with Gasteiger partial charge in [0.1, 0.15) is 0 Å². The summed E-state index contributed by atoms with van der Waals surface area (Å²) in [5.74, 6) is 0. The van der Waals surface area contributed by atoms with Gasteiger partial charge in [-0.05, 0) is 19.8 Å². The van der Waals surface area contributed by atoms with Crippen molar-refractivity contribution in [3.63, 3.8) is 0 Å². The molecule has 1 saturated carbocycles. The van der Waals surface area contributed by atoms with E-state index in [0.29, 0.717) is 6.61 Å². The molecule has 6 nitrogen and oxygen atoms in total. The fourth-order valence-corrected chi connectivity index (χ4v) is 2.65. The number of aryl methyl sites for hydroxylation is 1. The first-order valence-electron chi connectivity index (χ1n) is 6.63. The normalized spacial score (nSPS) is 17.4. The van der Waals surface area contributed by atoms with Crippen LogP contribution < -0.4 is 10.6 Å². The van der Waals surface area contributed by atoms with Gasteiger partial charge in [-0.3, -0.25) is 4.68 Å². The molecule has 0 unspecified atom stereocenters. The molecule has 0 spiro atoms. The maximum Gasteiger partial charge on any atom is 0.319 e. The summed E-state index contributed by atoms with van der Waals surface area (Å²) in [4.78, 5) is 12.1. The van der Waals surface area contributed by atoms with Crippen molar-refractivity contribution in [2.24, 2.45) is 7.05 Å². The standard InChI is InChI=1S/C13H22N4O2/c1-10-11(8-14-17(10)2)15-12(18)16-13(9-19-3)6-4-5-7-13/h8H,4-7,9H2,1-3H3,(H2,15,16,18). The van der Waals surface area contributed by atoms with E-state index in [1.165, 1.54) is 0 Å². The molecule has 1 fully saturated rings. The predicted molar refractivity (Wildman–Crippen MR) is 73.2 cm³/mol. The molecule has 0 bridgehead atoms. The molecule has 1 aromatic heterocycles. The Morgan fingerprint density at radius 1 is 1.53 bits per heavy atom. The number of anilines is 1. The lowest BCUT2D eigenvalue weighted by Crippen LogP contribution is -2.51. The Morgan fingerprint density at radius 2 is 2.21 bits per heavy atom. The Labute approximate surface area is 113 Å². The van der Waals surface area contributed by atoms with Crippen molar-refractivity contribution in [2.45, 2.75) is 38.1 Å². The first-order chi connectivity index (χ1) is 9.06. The molecule has 2 rings (SSSR count). The second-order valence-electron chi connectivity index (χ2n) is 5.27. The second-order valence-corrected chi connectivity index (χ2v) is 5.27. The van der Waals surface area contributed by atoms with E-state index in [9.17, 15) is 4.79 Å². The third-order valence-electron chi connectivity index (χ3n) is 3.84. The molecule has 2 N–H and O–H groups in total. The van der Waals surface area contributed by atoms with Crippen LogP contribution in [0.5, 0.6) is 0 Å². The fourth-order valence-electron chi connectivity index (χ4n) is 2.65. The Kier molecular flexibility index (Phi) is 4.09. The van der Waals surface area contributed by atoms with Gasteiger partial charge >= 0.3 is 6.03 Å². The lowest BCUT2D eigenvalue weighted by molar-refractivity contribution is 0.117. The van der Waals surface area contributed by atoms with E-state index in [0.717, 1.165) is 37.1 Å². The average molecular weight is 266 g/mol. The SMILES string of the molecule is COCC1(NC(=O)Nc2cnn(C)c2C)CCCC1. The van der Waals surface area contributed by atoms with Crippen LogP contribution in [0.1, 0.15) is 31.4 Å². The van der Waals surface area contributed by atoms with Gasteiger partial charge in [-0.1, -0.05) is 12.8 Å². The molecule has 1 aliphatic rings. The topological polar surface area (TPSA) is 68.2 Å². The van der Waals surface area contributed by atoms with Gasteiger partial charge in [-0.2, -0.15) is 5.10 Å². The van der Waals surface area contributed by atoms with Crippen LogP contribution in [0.2, 0.25) is 0 Å². The van der Waals surface area contributed by atoms with Crippen LogP contribution in [0.15, 0.2) is 6.20 Å². The van der Waals surface area contributed by atoms with Crippen LogP contribution in [0.25, 0.3) is 0 Å². The van der Waals surface area contributed by atoms with Gasteiger partial charge in [0.2, 0.25) is 0 Å². The number of carbonyl (C=O) groups excluding carboxylic acids is 1. The van der Waals surface area contributed by atoms with E-state index < -0.39 is 0 Å². The number of hydrogen-bond donors (Lipinski definition) is 2. The van der Waals surface area contributed by atoms with Crippen LogP contribution in [0.4, 0.5) is 10.5 Å². The van der Waals surface area contributed by atoms with Crippen LogP contribution in [-0.2, 0) is 11.8 Å². The Balaban J connectivity index is 1.98. The van der Waals surface area contributed by atoms with E-state index in [4.69, 9.17) is 4.74 Å². The van der Waals surface area contributed by atoms with E-state index >= 15 is 0 Å². The average Bonchev–Trinajstić information content (AvgIpc) is 2.92. The minimum Gasteiger partial charge on any atom is -0.382 e. The summed E-state index contributed by atoms with van der Waals surface area (Å²) < 4.78 is 6.98. The number of ether oxygens (including phenoxy) is 1. The summed E-state index contributed by atoms with van der Waals surface area (Å²) in [5, 5.41) is 10.0. The van der Waals surface area contributed by atoms with Gasteiger partial charge in [0, 0.05) is 14.2 Å². The predicted octanol–water partition coefficient (Wildman–Crippen LogP) is 1.81. The van der Waals surface area contributed by atoms with E-state index in [2.05, 4.69) is 15.7 Å². The molecular weight excluding hydrogens is 244 g/mol. The second kappa shape index (κ2) is 5.61. The van der Waals surface area contributed by atoms with Gasteiger partial charge in [0.25, 0.3) is 0 Å². The van der Waals surface area contributed by atoms with Crippen molar-refractivity contribution in [1.82, 2.24) is 15.1 Å². The number of amides is 2. The van der Waals surface area contributed by atoms with Crippen LogP contribution in [0, 0.1) is 6.92 Å². The summed E-state index contributed by atoms with van der Waals surface area (Å²) in [6, 6.07) is -0.185. The molecule has 0 aromatic carbocycles. The number of methoxy groups -OCH3 is 1. The zero-order valence-electron chi connectivity index (χ0n) is 11.8. The first kappa shape index (κ1) is 13.9. The van der Waals surface area contributed by atoms with Gasteiger partial charge in [0.15, 0.2) is 0 Å². The number of nitrogens with zero attached hydrogens (tertiary/aromatic N) is 2. The number of aromatic nitrogens is 2. The molecule has 0 saturated heterocycles. The fraction of sp³-hybridized carbons (Fsp3) is 0.692. The number of nitrogens with one attached hydrogen (secondary N) is 2. The number of rotatable bonds is 4. The molecule has 0 aliphatic heterocycles. The molecule has 1 aliphatic carbocycles. The van der Waals surface area contributed by atoms with Crippen molar-refractivity contribution >= 4 is 11.7 Å². The molecule has 1 heterocycles. The van der Waals surface area contributed by atoms with Gasteiger partial charge in [-0.15, -0.1) is 0 Å². The highest BCUT2D eigenvalue weighted by atomic mass is 16.5. The summed E-state index contributed by atoms with van der Waals surface area (Å²) >= 11 is 0. The van der Waals surface area contributed by atoms with Crippen molar-refractivity contribution in [3.8, 4) is 0 Å². The van der Waals surface area contributed by atoms with Crippen molar-refractivity contribution in [3.05, 3.63) is 11.9 Å². The first-order valence-corrected chi connectivity index (χ1v) is 6.63. The van der Waals surface area contributed by atoms with E-state index in [1.54, 1.807) is 18.0 Å². The van der Waals surface area contributed by atoms with Gasteiger partial charge < -0.3 is 15.4 Å². The summed E-state index contributed by atoms with van der Waals surface area (Å²) in [6.45, 7) is 2.48. The maximum absolute atomic E-state index is 12.1. The maximum atomic E-state index is 12.1. The molecule has 6 heteroatoms. The molecule has 0 atom stereocenters. The lowest BCUT2D eigenvalue weighted by atomic mass is 9.99. The summed E-state index contributed by atoms with van der Waals surface area (Å²) in [5.41, 5.74) is 1.46. The van der Waals surface area contributed by atoms with Crippen LogP contribution in [-0.4, -0.2) is 35.1 Å². The van der Waals surface area contributed by atoms with E-state index in [-0.39, 0.29) is 11.6 Å². The minimum absolute atomic E-state index is 0.185. The highest BCUT2D eigenvalue weighted by Crippen LogP contribution is 2.30. The molecule has 2 amide bonds. The minimum atomic E-state index is -0.213. The summed E-state index contributed by atoms with van der Waals surface area (Å²) in [6.07, 6.45) is 5.87. The molecular formula is C13H22N4O2.